The Hall–Kier alpha value is -2.14. The summed E-state index contributed by atoms with van der Waals surface area (Å²) in [4.78, 5) is 13.5. The maximum Gasteiger partial charge on any atom is 0.252 e. The molecule has 0 bridgehead atoms. The van der Waals surface area contributed by atoms with Crippen LogP contribution < -0.4 is 14.8 Å². The number of rotatable bonds is 6. The summed E-state index contributed by atoms with van der Waals surface area (Å²) in [6.07, 6.45) is 1.96. The van der Waals surface area contributed by atoms with Crippen molar-refractivity contribution in [1.82, 2.24) is 5.32 Å². The fourth-order valence-corrected chi connectivity index (χ4v) is 2.91. The first-order valence-electron chi connectivity index (χ1n) is 7.26. The normalized spacial score (nSPS) is 11.7. The number of carbonyl (C=O) groups is 1. The molecule has 0 aliphatic carbocycles. The van der Waals surface area contributed by atoms with E-state index in [1.54, 1.807) is 26.0 Å². The van der Waals surface area contributed by atoms with Crippen molar-refractivity contribution >= 4 is 17.7 Å². The zero-order valence-electron chi connectivity index (χ0n) is 13.8. The Kier molecular flexibility index (Phi) is 5.93. The molecular weight excluding hydrogens is 310 g/mol. The molecule has 1 atom stereocenters. The molecule has 1 unspecified atom stereocenters. The molecule has 2 aromatic carbocycles. The molecule has 0 spiro atoms. The summed E-state index contributed by atoms with van der Waals surface area (Å²) in [7, 11) is 3.20. The molecule has 0 aliphatic heterocycles. The Bertz CT molecular complexity index is 688. The van der Waals surface area contributed by atoms with Gasteiger partial charge in [-0.05, 0) is 43.0 Å². The molecule has 1 N–H and O–H groups in total. The molecule has 0 aromatic heterocycles. The summed E-state index contributed by atoms with van der Waals surface area (Å²) in [6, 6.07) is 13.1. The van der Waals surface area contributed by atoms with Crippen molar-refractivity contribution in [1.29, 1.82) is 0 Å². The number of thioether (sulfide) groups is 1. The van der Waals surface area contributed by atoms with Crippen molar-refractivity contribution < 1.29 is 14.3 Å². The monoisotopic (exact) mass is 331 g/mol. The van der Waals surface area contributed by atoms with Gasteiger partial charge in [0.15, 0.2) is 11.5 Å². The summed E-state index contributed by atoms with van der Waals surface area (Å²) in [5.41, 5.74) is 1.64. The largest absolute Gasteiger partial charge is 0.493 e. The van der Waals surface area contributed by atoms with Crippen molar-refractivity contribution in [2.75, 3.05) is 20.5 Å². The third-order valence-corrected chi connectivity index (χ3v) is 4.40. The second-order valence-corrected chi connectivity index (χ2v) is 5.86. The van der Waals surface area contributed by atoms with Gasteiger partial charge in [0.25, 0.3) is 5.91 Å². The Morgan fingerprint density at radius 1 is 1.09 bits per heavy atom. The van der Waals surface area contributed by atoms with Crippen LogP contribution in [0.1, 0.15) is 28.9 Å². The minimum absolute atomic E-state index is 0.0859. The third kappa shape index (κ3) is 3.99. The molecule has 2 rings (SSSR count). The minimum atomic E-state index is -0.141. The summed E-state index contributed by atoms with van der Waals surface area (Å²) >= 11 is 1.56. The van der Waals surface area contributed by atoms with Crippen molar-refractivity contribution in [3.05, 3.63) is 53.6 Å². The van der Waals surface area contributed by atoms with Gasteiger partial charge in [0.1, 0.15) is 0 Å². The van der Waals surface area contributed by atoms with E-state index in [1.165, 1.54) is 0 Å². The van der Waals surface area contributed by atoms with Crippen LogP contribution in [-0.2, 0) is 0 Å². The number of amides is 1. The van der Waals surface area contributed by atoms with Crippen LogP contribution >= 0.6 is 11.8 Å². The minimum Gasteiger partial charge on any atom is -0.493 e. The zero-order valence-corrected chi connectivity index (χ0v) is 14.6. The number of hydrogen-bond acceptors (Lipinski definition) is 4. The predicted molar refractivity (Wildman–Crippen MR) is 93.7 cm³/mol. The number of nitrogens with one attached hydrogen (secondary N) is 1. The number of benzene rings is 2. The van der Waals surface area contributed by atoms with Crippen LogP contribution in [0.2, 0.25) is 0 Å². The van der Waals surface area contributed by atoms with E-state index in [9.17, 15) is 4.79 Å². The highest BCUT2D eigenvalue weighted by molar-refractivity contribution is 7.98. The molecule has 0 fully saturated rings. The summed E-state index contributed by atoms with van der Waals surface area (Å²) in [5.74, 6) is 1.23. The SMILES string of the molecule is COc1ccc(C(C)NC(=O)c2ccccc2SC)cc1OC. The van der Waals surface area contributed by atoms with Crippen LogP contribution in [0.15, 0.2) is 47.4 Å². The second kappa shape index (κ2) is 7.92. The Labute approximate surface area is 141 Å². The second-order valence-electron chi connectivity index (χ2n) is 5.01. The Balaban J connectivity index is 2.18. The van der Waals surface area contributed by atoms with Gasteiger partial charge in [0.2, 0.25) is 0 Å². The fraction of sp³-hybridized carbons (Fsp3) is 0.278. The third-order valence-electron chi connectivity index (χ3n) is 3.61. The molecule has 0 saturated carbocycles. The van der Waals surface area contributed by atoms with Crippen molar-refractivity contribution in [3.63, 3.8) is 0 Å². The van der Waals surface area contributed by atoms with E-state index in [2.05, 4.69) is 5.32 Å². The van der Waals surface area contributed by atoms with Crippen LogP contribution in [0.4, 0.5) is 0 Å². The topological polar surface area (TPSA) is 47.6 Å². The molecule has 4 nitrogen and oxygen atoms in total. The van der Waals surface area contributed by atoms with E-state index in [0.29, 0.717) is 17.1 Å². The highest BCUT2D eigenvalue weighted by Gasteiger charge is 2.15. The fourth-order valence-electron chi connectivity index (χ4n) is 2.31. The number of ether oxygens (including phenoxy) is 2. The van der Waals surface area contributed by atoms with Crippen LogP contribution in [0.5, 0.6) is 11.5 Å². The maximum atomic E-state index is 12.5. The quantitative estimate of drug-likeness (QED) is 0.815. The van der Waals surface area contributed by atoms with Crippen LogP contribution in [0, 0.1) is 0 Å². The van der Waals surface area contributed by atoms with E-state index in [-0.39, 0.29) is 11.9 Å². The van der Waals surface area contributed by atoms with E-state index in [4.69, 9.17) is 9.47 Å². The standard InChI is InChI=1S/C18H21NO3S/c1-12(13-9-10-15(21-2)16(11-13)22-3)19-18(20)14-7-5-6-8-17(14)23-4/h5-12H,1-4H3,(H,19,20). The average Bonchev–Trinajstić information content (AvgIpc) is 2.60. The molecular formula is C18H21NO3S. The number of carbonyl (C=O) groups excluding carboxylic acids is 1. The van der Waals surface area contributed by atoms with Gasteiger partial charge in [-0.15, -0.1) is 11.8 Å². The Morgan fingerprint density at radius 2 is 1.78 bits per heavy atom. The number of hydrogen-bond donors (Lipinski definition) is 1. The van der Waals surface area contributed by atoms with Gasteiger partial charge >= 0.3 is 0 Å². The van der Waals surface area contributed by atoms with Gasteiger partial charge in [-0.25, -0.2) is 0 Å². The number of methoxy groups -OCH3 is 2. The van der Waals surface area contributed by atoms with E-state index >= 15 is 0 Å². The molecule has 2 aromatic rings. The summed E-state index contributed by atoms with van der Waals surface area (Å²) in [5, 5.41) is 3.03. The summed E-state index contributed by atoms with van der Waals surface area (Å²) < 4.78 is 10.5. The molecule has 5 heteroatoms. The molecule has 0 saturated heterocycles. The first kappa shape index (κ1) is 17.2. The molecule has 122 valence electrons. The van der Waals surface area contributed by atoms with Gasteiger partial charge in [-0.2, -0.15) is 0 Å². The zero-order chi connectivity index (χ0) is 16.8. The maximum absolute atomic E-state index is 12.5. The van der Waals surface area contributed by atoms with Gasteiger partial charge in [-0.3, -0.25) is 4.79 Å². The molecule has 23 heavy (non-hydrogen) atoms. The molecule has 0 radical (unpaired) electrons. The molecule has 1 amide bonds. The Morgan fingerprint density at radius 3 is 2.43 bits per heavy atom. The van der Waals surface area contributed by atoms with Crippen molar-refractivity contribution in [3.8, 4) is 11.5 Å². The highest BCUT2D eigenvalue weighted by atomic mass is 32.2. The van der Waals surface area contributed by atoms with Gasteiger partial charge in [0, 0.05) is 4.90 Å². The van der Waals surface area contributed by atoms with Gasteiger partial charge in [-0.1, -0.05) is 18.2 Å². The lowest BCUT2D eigenvalue weighted by Gasteiger charge is -2.17. The van der Waals surface area contributed by atoms with Crippen LogP contribution in [0.25, 0.3) is 0 Å². The summed E-state index contributed by atoms with van der Waals surface area (Å²) in [6.45, 7) is 1.95. The van der Waals surface area contributed by atoms with E-state index in [0.717, 1.165) is 10.5 Å². The first-order valence-corrected chi connectivity index (χ1v) is 8.49. The van der Waals surface area contributed by atoms with Gasteiger partial charge < -0.3 is 14.8 Å². The smallest absolute Gasteiger partial charge is 0.252 e. The van der Waals surface area contributed by atoms with E-state index < -0.39 is 0 Å². The average molecular weight is 331 g/mol. The molecule has 0 aliphatic rings. The van der Waals surface area contributed by atoms with Crippen molar-refractivity contribution in [2.24, 2.45) is 0 Å². The van der Waals surface area contributed by atoms with Gasteiger partial charge in [0.05, 0.1) is 25.8 Å². The van der Waals surface area contributed by atoms with E-state index in [1.807, 2.05) is 55.6 Å². The van der Waals surface area contributed by atoms with Crippen molar-refractivity contribution in [2.45, 2.75) is 17.9 Å². The lowest BCUT2D eigenvalue weighted by molar-refractivity contribution is 0.0937. The molecule has 0 heterocycles. The van der Waals surface area contributed by atoms with Crippen LogP contribution in [0.3, 0.4) is 0 Å². The first-order chi connectivity index (χ1) is 11.1. The highest BCUT2D eigenvalue weighted by Crippen LogP contribution is 2.30. The predicted octanol–water partition coefficient (Wildman–Crippen LogP) is 3.92. The lowest BCUT2D eigenvalue weighted by atomic mass is 10.1. The van der Waals surface area contributed by atoms with Crippen LogP contribution in [-0.4, -0.2) is 26.4 Å². The lowest BCUT2D eigenvalue weighted by Crippen LogP contribution is -2.27.